The standard InChI is InChI=1S/C21H24N4OS/c1-15(2)13-22-19(26)14-27-21-24-23-20(17-11-9-16(3)10-12-17)25(21)18-7-5-4-6-8-18/h4-12,15H,13-14H2,1-3H3,(H,22,26). The number of amides is 1. The van der Waals surface area contributed by atoms with Gasteiger partial charge >= 0.3 is 0 Å². The van der Waals surface area contributed by atoms with Crippen LogP contribution in [0.1, 0.15) is 19.4 Å². The van der Waals surface area contributed by atoms with Crippen molar-refractivity contribution in [1.82, 2.24) is 20.1 Å². The second-order valence-corrected chi connectivity index (χ2v) is 7.77. The average molecular weight is 381 g/mol. The van der Waals surface area contributed by atoms with Crippen LogP contribution in [0.5, 0.6) is 0 Å². The van der Waals surface area contributed by atoms with Crippen molar-refractivity contribution in [3.05, 3.63) is 60.2 Å². The molecule has 140 valence electrons. The van der Waals surface area contributed by atoms with Gasteiger partial charge in [0.05, 0.1) is 5.75 Å². The Bertz CT molecular complexity index is 888. The number of hydrogen-bond acceptors (Lipinski definition) is 4. The Kier molecular flexibility index (Phi) is 6.29. The van der Waals surface area contributed by atoms with Crippen LogP contribution in [-0.2, 0) is 4.79 Å². The zero-order valence-corrected chi connectivity index (χ0v) is 16.7. The van der Waals surface area contributed by atoms with Crippen LogP contribution in [-0.4, -0.2) is 33.0 Å². The molecule has 0 unspecified atom stereocenters. The number of benzene rings is 2. The molecule has 2 aromatic carbocycles. The summed E-state index contributed by atoms with van der Waals surface area (Å²) in [6.07, 6.45) is 0. The maximum Gasteiger partial charge on any atom is 0.230 e. The molecule has 6 heteroatoms. The highest BCUT2D eigenvalue weighted by atomic mass is 32.2. The summed E-state index contributed by atoms with van der Waals surface area (Å²) >= 11 is 1.40. The van der Waals surface area contributed by atoms with Crippen molar-refractivity contribution >= 4 is 17.7 Å². The van der Waals surface area contributed by atoms with Gasteiger partial charge in [-0.15, -0.1) is 10.2 Å². The van der Waals surface area contributed by atoms with Crippen LogP contribution in [0.15, 0.2) is 59.8 Å². The smallest absolute Gasteiger partial charge is 0.230 e. The number of rotatable bonds is 7. The molecule has 1 aromatic heterocycles. The predicted molar refractivity (Wildman–Crippen MR) is 110 cm³/mol. The van der Waals surface area contributed by atoms with E-state index in [-0.39, 0.29) is 5.91 Å². The molecule has 0 aliphatic carbocycles. The number of carbonyl (C=O) groups excluding carboxylic acids is 1. The van der Waals surface area contributed by atoms with Gasteiger partial charge < -0.3 is 5.32 Å². The molecule has 1 N–H and O–H groups in total. The Labute approximate surface area is 164 Å². The zero-order chi connectivity index (χ0) is 19.2. The lowest BCUT2D eigenvalue weighted by Gasteiger charge is -2.11. The van der Waals surface area contributed by atoms with E-state index in [1.807, 2.05) is 47.0 Å². The molecule has 3 aromatic rings. The molecule has 1 amide bonds. The third kappa shape index (κ3) is 4.98. The number of carbonyl (C=O) groups is 1. The molecule has 5 nitrogen and oxygen atoms in total. The quantitative estimate of drug-likeness (QED) is 0.627. The molecular formula is C21H24N4OS. The first-order valence-corrected chi connectivity index (χ1v) is 10.0. The van der Waals surface area contributed by atoms with Gasteiger partial charge in [-0.2, -0.15) is 0 Å². The van der Waals surface area contributed by atoms with Gasteiger partial charge in [-0.25, -0.2) is 0 Å². The highest BCUT2D eigenvalue weighted by Gasteiger charge is 2.17. The fourth-order valence-corrected chi connectivity index (χ4v) is 3.34. The summed E-state index contributed by atoms with van der Waals surface area (Å²) in [7, 11) is 0. The lowest BCUT2D eigenvalue weighted by Crippen LogP contribution is -2.28. The highest BCUT2D eigenvalue weighted by Crippen LogP contribution is 2.28. The number of para-hydroxylation sites is 1. The summed E-state index contributed by atoms with van der Waals surface area (Å²) in [5.74, 6) is 1.52. The van der Waals surface area contributed by atoms with Crippen LogP contribution in [0.3, 0.4) is 0 Å². The Morgan fingerprint density at radius 3 is 2.44 bits per heavy atom. The minimum Gasteiger partial charge on any atom is -0.355 e. The van der Waals surface area contributed by atoms with Crippen molar-refractivity contribution in [3.63, 3.8) is 0 Å². The second-order valence-electron chi connectivity index (χ2n) is 6.83. The number of thioether (sulfide) groups is 1. The van der Waals surface area contributed by atoms with Crippen molar-refractivity contribution in [2.45, 2.75) is 25.9 Å². The van der Waals surface area contributed by atoms with Gasteiger partial charge in [0, 0.05) is 17.8 Å². The van der Waals surface area contributed by atoms with Gasteiger partial charge in [-0.3, -0.25) is 9.36 Å². The fraction of sp³-hybridized carbons (Fsp3) is 0.286. The third-order valence-electron chi connectivity index (χ3n) is 4.00. The molecule has 0 aliphatic rings. The summed E-state index contributed by atoms with van der Waals surface area (Å²) < 4.78 is 2.01. The van der Waals surface area contributed by atoms with Crippen molar-refractivity contribution in [1.29, 1.82) is 0 Å². The van der Waals surface area contributed by atoms with E-state index in [0.717, 1.165) is 17.1 Å². The number of nitrogens with one attached hydrogen (secondary N) is 1. The SMILES string of the molecule is Cc1ccc(-c2nnc(SCC(=O)NCC(C)C)n2-c2ccccc2)cc1. The van der Waals surface area contributed by atoms with Crippen molar-refractivity contribution in [2.24, 2.45) is 5.92 Å². The molecule has 27 heavy (non-hydrogen) atoms. The lowest BCUT2D eigenvalue weighted by molar-refractivity contribution is -0.118. The fourth-order valence-electron chi connectivity index (χ4n) is 2.56. The topological polar surface area (TPSA) is 59.8 Å². The Balaban J connectivity index is 1.88. The van der Waals surface area contributed by atoms with Crippen LogP contribution >= 0.6 is 11.8 Å². The van der Waals surface area contributed by atoms with E-state index >= 15 is 0 Å². The van der Waals surface area contributed by atoms with E-state index in [4.69, 9.17) is 0 Å². The molecule has 0 fully saturated rings. The highest BCUT2D eigenvalue weighted by molar-refractivity contribution is 7.99. The largest absolute Gasteiger partial charge is 0.355 e. The summed E-state index contributed by atoms with van der Waals surface area (Å²) in [4.78, 5) is 12.1. The average Bonchev–Trinajstić information content (AvgIpc) is 3.10. The number of aromatic nitrogens is 3. The Hall–Kier alpha value is -2.60. The molecular weight excluding hydrogens is 356 g/mol. The number of aryl methyl sites for hydroxylation is 1. The van der Waals surface area contributed by atoms with Crippen molar-refractivity contribution in [3.8, 4) is 17.1 Å². The van der Waals surface area contributed by atoms with E-state index in [1.165, 1.54) is 17.3 Å². The first-order chi connectivity index (χ1) is 13.0. The zero-order valence-electron chi connectivity index (χ0n) is 15.8. The maximum absolute atomic E-state index is 12.1. The molecule has 0 spiro atoms. The summed E-state index contributed by atoms with van der Waals surface area (Å²) in [5.41, 5.74) is 3.16. The van der Waals surface area contributed by atoms with Gasteiger partial charge in [0.25, 0.3) is 0 Å². The van der Waals surface area contributed by atoms with Crippen molar-refractivity contribution < 1.29 is 4.79 Å². The molecule has 0 atom stereocenters. The molecule has 0 saturated carbocycles. The van der Waals surface area contributed by atoms with Crippen LogP contribution in [0.2, 0.25) is 0 Å². The molecule has 0 bridgehead atoms. The predicted octanol–water partition coefficient (Wildman–Crippen LogP) is 4.11. The summed E-state index contributed by atoms with van der Waals surface area (Å²) in [5, 5.41) is 12.4. The van der Waals surface area contributed by atoms with Crippen LogP contribution in [0.4, 0.5) is 0 Å². The van der Waals surface area contributed by atoms with E-state index in [2.05, 4.69) is 48.4 Å². The van der Waals surface area contributed by atoms with Gasteiger partial charge in [0.15, 0.2) is 11.0 Å². The Morgan fingerprint density at radius 2 is 1.78 bits per heavy atom. The van der Waals surface area contributed by atoms with Gasteiger partial charge in [0.1, 0.15) is 0 Å². The Morgan fingerprint density at radius 1 is 1.07 bits per heavy atom. The van der Waals surface area contributed by atoms with Crippen LogP contribution in [0.25, 0.3) is 17.1 Å². The van der Waals surface area contributed by atoms with Gasteiger partial charge in [0.2, 0.25) is 5.91 Å². The molecule has 0 saturated heterocycles. The first kappa shape index (κ1) is 19.2. The normalized spacial score (nSPS) is 11.0. The molecule has 3 rings (SSSR count). The first-order valence-electron chi connectivity index (χ1n) is 9.02. The monoisotopic (exact) mass is 380 g/mol. The molecule has 0 radical (unpaired) electrons. The molecule has 0 aliphatic heterocycles. The molecule has 1 heterocycles. The van der Waals surface area contributed by atoms with E-state index in [9.17, 15) is 4.79 Å². The summed E-state index contributed by atoms with van der Waals surface area (Å²) in [6, 6.07) is 18.2. The second kappa shape index (κ2) is 8.86. The number of nitrogens with zero attached hydrogens (tertiary/aromatic N) is 3. The maximum atomic E-state index is 12.1. The minimum atomic E-state index is 0.00759. The van der Waals surface area contributed by atoms with E-state index < -0.39 is 0 Å². The minimum absolute atomic E-state index is 0.00759. The van der Waals surface area contributed by atoms with Crippen molar-refractivity contribution in [2.75, 3.05) is 12.3 Å². The van der Waals surface area contributed by atoms with E-state index in [1.54, 1.807) is 0 Å². The van der Waals surface area contributed by atoms with Crippen LogP contribution < -0.4 is 5.32 Å². The lowest BCUT2D eigenvalue weighted by atomic mass is 10.1. The van der Waals surface area contributed by atoms with Crippen LogP contribution in [0, 0.1) is 12.8 Å². The number of hydrogen-bond donors (Lipinski definition) is 1. The van der Waals surface area contributed by atoms with Gasteiger partial charge in [-0.05, 0) is 25.0 Å². The van der Waals surface area contributed by atoms with E-state index in [0.29, 0.717) is 23.4 Å². The summed E-state index contributed by atoms with van der Waals surface area (Å²) in [6.45, 7) is 6.89. The third-order valence-corrected chi connectivity index (χ3v) is 4.93. The van der Waals surface area contributed by atoms with Gasteiger partial charge in [-0.1, -0.05) is 73.6 Å².